The van der Waals surface area contributed by atoms with Crippen molar-refractivity contribution in [3.05, 3.63) is 22.8 Å². The molecule has 2 unspecified atom stereocenters. The summed E-state index contributed by atoms with van der Waals surface area (Å²) in [4.78, 5) is 1.57. The minimum Gasteiger partial charge on any atom is -0.277 e. The van der Waals surface area contributed by atoms with Crippen molar-refractivity contribution in [2.45, 2.75) is 53.6 Å². The minimum absolute atomic E-state index is 0.375. The van der Waals surface area contributed by atoms with Crippen LogP contribution in [-0.4, -0.2) is 54.1 Å². The highest BCUT2D eigenvalue weighted by atomic mass is 15.6. The standard InChI is InChI=1S/C5H11N3.2C5H9N3/c2*1-4-5(2)8(3)7-6-4;1-4-5(2)7-8(3)6-4/h4-5H,1-3H3;2*1-3H3. The molecule has 3 heterocycles. The van der Waals surface area contributed by atoms with Gasteiger partial charge in [-0.2, -0.15) is 20.1 Å². The summed E-state index contributed by atoms with van der Waals surface area (Å²) in [5, 5.41) is 25.3. The molecule has 3 rings (SSSR count). The maximum absolute atomic E-state index is 4.02. The first-order valence-corrected chi connectivity index (χ1v) is 7.94. The van der Waals surface area contributed by atoms with Crippen molar-refractivity contribution in [2.75, 3.05) is 7.05 Å². The maximum atomic E-state index is 4.02. The van der Waals surface area contributed by atoms with Crippen LogP contribution in [0, 0.1) is 27.7 Å². The van der Waals surface area contributed by atoms with Crippen molar-refractivity contribution in [1.82, 2.24) is 35.0 Å². The van der Waals surface area contributed by atoms with Gasteiger partial charge in [-0.05, 0) is 41.5 Å². The second kappa shape index (κ2) is 8.51. The Morgan fingerprint density at radius 2 is 1.38 bits per heavy atom. The van der Waals surface area contributed by atoms with E-state index in [1.807, 2.05) is 53.8 Å². The van der Waals surface area contributed by atoms with Gasteiger partial charge in [0.05, 0.1) is 34.9 Å². The van der Waals surface area contributed by atoms with Gasteiger partial charge < -0.3 is 0 Å². The number of hydrogen-bond acceptors (Lipinski definition) is 7. The van der Waals surface area contributed by atoms with E-state index in [0.717, 1.165) is 22.8 Å². The normalized spacial score (nSPS) is 18.8. The lowest BCUT2D eigenvalue weighted by molar-refractivity contribution is 0.292. The van der Waals surface area contributed by atoms with Gasteiger partial charge in [-0.3, -0.25) is 9.69 Å². The molecule has 0 aliphatic carbocycles. The van der Waals surface area contributed by atoms with Crippen LogP contribution in [0.3, 0.4) is 0 Å². The summed E-state index contributed by atoms with van der Waals surface area (Å²) in [6.45, 7) is 12.0. The Morgan fingerprint density at radius 1 is 0.833 bits per heavy atom. The average molecular weight is 335 g/mol. The summed E-state index contributed by atoms with van der Waals surface area (Å²) in [5.41, 5.74) is 4.15. The molecule has 0 amide bonds. The van der Waals surface area contributed by atoms with Crippen LogP contribution in [-0.2, 0) is 14.1 Å². The van der Waals surface area contributed by atoms with Gasteiger partial charge >= 0.3 is 0 Å². The predicted octanol–water partition coefficient (Wildman–Crippen LogP) is 1.94. The van der Waals surface area contributed by atoms with E-state index in [1.54, 1.807) is 9.48 Å². The second-order valence-corrected chi connectivity index (χ2v) is 6.00. The molecule has 2 atom stereocenters. The first-order valence-electron chi connectivity index (χ1n) is 7.94. The van der Waals surface area contributed by atoms with Gasteiger partial charge in [0, 0.05) is 21.1 Å². The zero-order valence-electron chi connectivity index (χ0n) is 16.2. The number of aromatic nitrogens is 6. The second-order valence-electron chi connectivity index (χ2n) is 6.00. The molecule has 0 N–H and O–H groups in total. The molecular formula is C15H29N9. The van der Waals surface area contributed by atoms with Crippen LogP contribution in [0.25, 0.3) is 0 Å². The number of hydrogen-bond donors (Lipinski definition) is 0. The quantitative estimate of drug-likeness (QED) is 0.734. The van der Waals surface area contributed by atoms with E-state index in [4.69, 9.17) is 0 Å². The third-order valence-corrected chi connectivity index (χ3v) is 4.11. The van der Waals surface area contributed by atoms with Crippen LogP contribution in [0.15, 0.2) is 10.3 Å². The molecule has 1 aliphatic rings. The molecule has 0 bridgehead atoms. The van der Waals surface area contributed by atoms with Gasteiger partial charge in [-0.15, -0.1) is 5.10 Å². The molecule has 1 aliphatic heterocycles. The molecule has 2 aromatic heterocycles. The number of aryl methyl sites for hydroxylation is 5. The molecule has 24 heavy (non-hydrogen) atoms. The third-order valence-electron chi connectivity index (χ3n) is 4.11. The summed E-state index contributed by atoms with van der Waals surface area (Å²) in [5.74, 6) is 0. The topological polar surface area (TPSA) is 89.4 Å². The molecule has 9 nitrogen and oxygen atoms in total. The number of likely N-dealkylation sites (N-methyl/N-ethyl adjacent to an activating group) is 1. The Bertz CT molecular complexity index is 620. The van der Waals surface area contributed by atoms with Crippen molar-refractivity contribution >= 4 is 0 Å². The Kier molecular flexibility index (Phi) is 6.99. The van der Waals surface area contributed by atoms with E-state index in [0.29, 0.717) is 12.1 Å². The summed E-state index contributed by atoms with van der Waals surface area (Å²) in [6.07, 6.45) is 0. The zero-order chi connectivity index (χ0) is 18.4. The maximum Gasteiger partial charge on any atom is 0.0918 e. The molecule has 9 heteroatoms. The van der Waals surface area contributed by atoms with Crippen molar-refractivity contribution < 1.29 is 0 Å². The molecule has 0 saturated carbocycles. The van der Waals surface area contributed by atoms with Gasteiger partial charge in [-0.1, -0.05) is 10.4 Å². The van der Waals surface area contributed by atoms with Gasteiger partial charge in [0.1, 0.15) is 0 Å². The first-order chi connectivity index (χ1) is 11.1. The van der Waals surface area contributed by atoms with Crippen molar-refractivity contribution in [3.8, 4) is 0 Å². The van der Waals surface area contributed by atoms with E-state index < -0.39 is 0 Å². The fraction of sp³-hybridized carbons (Fsp3) is 0.733. The summed E-state index contributed by atoms with van der Waals surface area (Å²) in [7, 11) is 5.65. The van der Waals surface area contributed by atoms with E-state index >= 15 is 0 Å². The van der Waals surface area contributed by atoms with Gasteiger partial charge in [0.25, 0.3) is 0 Å². The molecule has 0 aromatic carbocycles. The van der Waals surface area contributed by atoms with Crippen LogP contribution in [0.5, 0.6) is 0 Å². The average Bonchev–Trinajstić information content (AvgIpc) is 3.10. The molecule has 134 valence electrons. The first kappa shape index (κ1) is 19.7. The monoisotopic (exact) mass is 335 g/mol. The van der Waals surface area contributed by atoms with E-state index in [1.165, 1.54) is 0 Å². The fourth-order valence-electron chi connectivity index (χ4n) is 1.76. The van der Waals surface area contributed by atoms with Crippen LogP contribution in [0.1, 0.15) is 36.6 Å². The SMILES string of the molecule is CC1N=NN(C)C1C.Cc1nn(C)nc1C.Cc1nnn(C)c1C. The Labute approximate surface area is 143 Å². The van der Waals surface area contributed by atoms with E-state index in [9.17, 15) is 0 Å². The third kappa shape index (κ3) is 5.39. The Balaban J connectivity index is 0.000000180. The highest BCUT2D eigenvalue weighted by Crippen LogP contribution is 2.13. The predicted molar refractivity (Wildman–Crippen MR) is 92.5 cm³/mol. The zero-order valence-corrected chi connectivity index (χ0v) is 16.2. The molecule has 0 spiro atoms. The van der Waals surface area contributed by atoms with Crippen LogP contribution < -0.4 is 0 Å². The van der Waals surface area contributed by atoms with Crippen LogP contribution in [0.4, 0.5) is 0 Å². The fourth-order valence-corrected chi connectivity index (χ4v) is 1.76. The van der Waals surface area contributed by atoms with Crippen molar-refractivity contribution in [3.63, 3.8) is 0 Å². The lowest BCUT2D eigenvalue weighted by Crippen LogP contribution is -2.26. The lowest BCUT2D eigenvalue weighted by Gasteiger charge is -2.13. The minimum atomic E-state index is 0.375. The summed E-state index contributed by atoms with van der Waals surface area (Å²) >= 11 is 0. The van der Waals surface area contributed by atoms with Crippen LogP contribution >= 0.6 is 0 Å². The van der Waals surface area contributed by atoms with Crippen LogP contribution in [0.2, 0.25) is 0 Å². The number of rotatable bonds is 0. The largest absolute Gasteiger partial charge is 0.277 e. The Morgan fingerprint density at radius 3 is 1.50 bits per heavy atom. The van der Waals surface area contributed by atoms with Gasteiger partial charge in [-0.25, -0.2) is 0 Å². The highest BCUT2D eigenvalue weighted by molar-refractivity contribution is 5.03. The van der Waals surface area contributed by atoms with Gasteiger partial charge in [0.2, 0.25) is 0 Å². The van der Waals surface area contributed by atoms with Crippen molar-refractivity contribution in [2.24, 2.45) is 24.4 Å². The molecular weight excluding hydrogens is 306 g/mol. The number of nitrogens with zero attached hydrogens (tertiary/aromatic N) is 9. The van der Waals surface area contributed by atoms with Gasteiger partial charge in [0.15, 0.2) is 0 Å². The molecule has 0 radical (unpaired) electrons. The Hall–Kier alpha value is -2.32. The lowest BCUT2D eigenvalue weighted by atomic mass is 10.2. The summed E-state index contributed by atoms with van der Waals surface area (Å²) in [6, 6.07) is 0.856. The summed E-state index contributed by atoms with van der Waals surface area (Å²) < 4.78 is 1.76. The van der Waals surface area contributed by atoms with E-state index in [2.05, 4.69) is 44.7 Å². The molecule has 0 saturated heterocycles. The smallest absolute Gasteiger partial charge is 0.0918 e. The van der Waals surface area contributed by atoms with E-state index in [-0.39, 0.29) is 0 Å². The highest BCUT2D eigenvalue weighted by Gasteiger charge is 2.20. The molecule has 0 fully saturated rings. The van der Waals surface area contributed by atoms with Crippen molar-refractivity contribution in [1.29, 1.82) is 0 Å². The molecule has 2 aromatic rings.